The second-order valence-electron chi connectivity index (χ2n) is 2.88. The number of hydrogen-bond donors (Lipinski definition) is 1. The van der Waals surface area contributed by atoms with Gasteiger partial charge in [-0.3, -0.25) is 4.79 Å². The average Bonchev–Trinajstić information content (AvgIpc) is 2.02. The van der Waals surface area contributed by atoms with Crippen molar-refractivity contribution >= 4 is 5.91 Å². The van der Waals surface area contributed by atoms with E-state index in [2.05, 4.69) is 18.3 Å². The van der Waals surface area contributed by atoms with E-state index in [1.807, 2.05) is 0 Å². The molecule has 0 rings (SSSR count). The number of nitriles is 1. The predicted octanol–water partition coefficient (Wildman–Crippen LogP) is 1.59. The van der Waals surface area contributed by atoms with Crippen LogP contribution in [0.5, 0.6) is 0 Å². The van der Waals surface area contributed by atoms with E-state index in [9.17, 15) is 4.79 Å². The second kappa shape index (κ2) is 6.66. The zero-order valence-electron chi connectivity index (χ0n) is 7.76. The molecule has 0 aromatic carbocycles. The maximum absolute atomic E-state index is 10.6. The van der Waals surface area contributed by atoms with Crippen LogP contribution in [0.15, 0.2) is 0 Å². The Kier molecular flexibility index (Phi) is 6.08. The van der Waals surface area contributed by atoms with Gasteiger partial charge in [-0.1, -0.05) is 26.2 Å². The Morgan fingerprint density at radius 3 is 2.67 bits per heavy atom. The topological polar surface area (TPSA) is 52.9 Å². The Morgan fingerprint density at radius 2 is 2.25 bits per heavy atom. The number of amides is 1. The summed E-state index contributed by atoms with van der Waals surface area (Å²) in [6.45, 7) is 3.55. The van der Waals surface area contributed by atoms with Gasteiger partial charge in [0.25, 0.3) is 0 Å². The molecule has 0 aliphatic heterocycles. The lowest BCUT2D eigenvalue weighted by Crippen LogP contribution is -2.31. The Labute approximate surface area is 73.8 Å². The first-order valence-corrected chi connectivity index (χ1v) is 4.37. The molecular weight excluding hydrogens is 152 g/mol. The summed E-state index contributed by atoms with van der Waals surface area (Å²) in [5.74, 6) is -0.127. The van der Waals surface area contributed by atoms with Crippen LogP contribution < -0.4 is 5.32 Å². The zero-order valence-corrected chi connectivity index (χ0v) is 7.76. The van der Waals surface area contributed by atoms with Crippen molar-refractivity contribution < 1.29 is 4.79 Å². The number of rotatable bonds is 5. The van der Waals surface area contributed by atoms with Crippen molar-refractivity contribution in [2.75, 3.05) is 0 Å². The first-order chi connectivity index (χ1) is 5.70. The highest BCUT2D eigenvalue weighted by Crippen LogP contribution is 2.02. The van der Waals surface area contributed by atoms with Crippen molar-refractivity contribution in [3.8, 4) is 6.07 Å². The van der Waals surface area contributed by atoms with Gasteiger partial charge < -0.3 is 5.32 Å². The molecule has 3 heteroatoms. The Balaban J connectivity index is 3.55. The van der Waals surface area contributed by atoms with Crippen LogP contribution in [0.1, 0.15) is 39.5 Å². The Bertz CT molecular complexity index is 172. The summed E-state index contributed by atoms with van der Waals surface area (Å²) in [7, 11) is 0. The SMILES string of the molecule is CCCCCC(C#N)NC(C)=O. The lowest BCUT2D eigenvalue weighted by atomic mass is 10.1. The van der Waals surface area contributed by atoms with Gasteiger partial charge in [-0.05, 0) is 6.42 Å². The average molecular weight is 168 g/mol. The van der Waals surface area contributed by atoms with Gasteiger partial charge in [0.05, 0.1) is 6.07 Å². The molecule has 0 fully saturated rings. The first-order valence-electron chi connectivity index (χ1n) is 4.37. The van der Waals surface area contributed by atoms with Crippen molar-refractivity contribution in [2.45, 2.75) is 45.6 Å². The third-order valence-electron chi connectivity index (χ3n) is 1.63. The summed E-state index contributed by atoms with van der Waals surface area (Å²) in [6.07, 6.45) is 4.04. The molecule has 0 aromatic rings. The number of unbranched alkanes of at least 4 members (excludes halogenated alkanes) is 2. The fraction of sp³-hybridized carbons (Fsp3) is 0.778. The molecule has 0 bridgehead atoms. The van der Waals surface area contributed by atoms with Crippen LogP contribution in [0.2, 0.25) is 0 Å². The van der Waals surface area contributed by atoms with Gasteiger partial charge in [-0.2, -0.15) is 5.26 Å². The van der Waals surface area contributed by atoms with Gasteiger partial charge >= 0.3 is 0 Å². The van der Waals surface area contributed by atoms with Crippen LogP contribution in [0.25, 0.3) is 0 Å². The number of hydrogen-bond acceptors (Lipinski definition) is 2. The van der Waals surface area contributed by atoms with Crippen LogP contribution in [0.3, 0.4) is 0 Å². The fourth-order valence-electron chi connectivity index (χ4n) is 1.01. The summed E-state index contributed by atoms with van der Waals surface area (Å²) in [5.41, 5.74) is 0. The van der Waals surface area contributed by atoms with Crippen molar-refractivity contribution in [1.82, 2.24) is 5.32 Å². The largest absolute Gasteiger partial charge is 0.341 e. The minimum Gasteiger partial charge on any atom is -0.341 e. The van der Waals surface area contributed by atoms with Crippen LogP contribution in [-0.4, -0.2) is 11.9 Å². The molecule has 0 aliphatic rings. The third kappa shape index (κ3) is 5.72. The minimum atomic E-state index is -0.297. The van der Waals surface area contributed by atoms with E-state index in [0.29, 0.717) is 0 Å². The van der Waals surface area contributed by atoms with Crippen LogP contribution in [0, 0.1) is 11.3 Å². The summed E-state index contributed by atoms with van der Waals surface area (Å²) in [4.78, 5) is 10.6. The van der Waals surface area contributed by atoms with Gasteiger partial charge in [0.2, 0.25) is 5.91 Å². The molecule has 1 unspecified atom stereocenters. The standard InChI is InChI=1S/C9H16N2O/c1-3-4-5-6-9(7-10)11-8(2)12/h9H,3-6H2,1-2H3,(H,11,12). The highest BCUT2D eigenvalue weighted by Gasteiger charge is 2.06. The summed E-state index contributed by atoms with van der Waals surface area (Å²) in [5, 5.41) is 11.2. The number of nitrogens with zero attached hydrogens (tertiary/aromatic N) is 1. The van der Waals surface area contributed by atoms with Gasteiger partial charge in [0, 0.05) is 6.92 Å². The van der Waals surface area contributed by atoms with E-state index in [1.165, 1.54) is 6.92 Å². The molecular formula is C9H16N2O. The number of carbonyl (C=O) groups is 1. The van der Waals surface area contributed by atoms with Crippen molar-refractivity contribution in [3.05, 3.63) is 0 Å². The van der Waals surface area contributed by atoms with Gasteiger partial charge in [0.15, 0.2) is 0 Å². The molecule has 0 saturated carbocycles. The lowest BCUT2D eigenvalue weighted by Gasteiger charge is -2.08. The van der Waals surface area contributed by atoms with E-state index in [4.69, 9.17) is 5.26 Å². The first kappa shape index (κ1) is 11.0. The van der Waals surface area contributed by atoms with E-state index in [0.717, 1.165) is 25.7 Å². The molecule has 0 radical (unpaired) electrons. The molecule has 0 aromatic heterocycles. The van der Waals surface area contributed by atoms with E-state index < -0.39 is 0 Å². The van der Waals surface area contributed by atoms with Crippen molar-refractivity contribution in [2.24, 2.45) is 0 Å². The van der Waals surface area contributed by atoms with Gasteiger partial charge in [0.1, 0.15) is 6.04 Å². The van der Waals surface area contributed by atoms with E-state index in [-0.39, 0.29) is 11.9 Å². The highest BCUT2D eigenvalue weighted by molar-refractivity contribution is 5.73. The van der Waals surface area contributed by atoms with Crippen LogP contribution >= 0.6 is 0 Å². The normalized spacial score (nSPS) is 11.8. The monoisotopic (exact) mass is 168 g/mol. The number of nitrogens with one attached hydrogen (secondary N) is 1. The van der Waals surface area contributed by atoms with Crippen molar-refractivity contribution in [3.63, 3.8) is 0 Å². The Hall–Kier alpha value is -1.04. The molecule has 12 heavy (non-hydrogen) atoms. The molecule has 3 nitrogen and oxygen atoms in total. The number of carbonyl (C=O) groups excluding carboxylic acids is 1. The van der Waals surface area contributed by atoms with Crippen molar-refractivity contribution in [1.29, 1.82) is 5.26 Å². The van der Waals surface area contributed by atoms with Crippen LogP contribution in [0.4, 0.5) is 0 Å². The molecule has 1 N–H and O–H groups in total. The second-order valence-corrected chi connectivity index (χ2v) is 2.88. The molecule has 0 aliphatic carbocycles. The highest BCUT2D eigenvalue weighted by atomic mass is 16.1. The fourth-order valence-corrected chi connectivity index (χ4v) is 1.01. The summed E-state index contributed by atoms with van der Waals surface area (Å²) >= 11 is 0. The summed E-state index contributed by atoms with van der Waals surface area (Å²) in [6, 6.07) is 1.76. The molecule has 0 heterocycles. The zero-order chi connectivity index (χ0) is 9.40. The lowest BCUT2D eigenvalue weighted by molar-refractivity contribution is -0.119. The van der Waals surface area contributed by atoms with E-state index in [1.54, 1.807) is 0 Å². The maximum Gasteiger partial charge on any atom is 0.217 e. The molecule has 68 valence electrons. The quantitative estimate of drug-likeness (QED) is 0.634. The molecule has 1 atom stereocenters. The van der Waals surface area contributed by atoms with Gasteiger partial charge in [-0.15, -0.1) is 0 Å². The Morgan fingerprint density at radius 1 is 1.58 bits per heavy atom. The predicted molar refractivity (Wildman–Crippen MR) is 47.4 cm³/mol. The van der Waals surface area contributed by atoms with E-state index >= 15 is 0 Å². The third-order valence-corrected chi connectivity index (χ3v) is 1.63. The molecule has 1 amide bonds. The molecule has 0 saturated heterocycles. The van der Waals surface area contributed by atoms with Crippen LogP contribution in [-0.2, 0) is 4.79 Å². The minimum absolute atomic E-state index is 0.127. The smallest absolute Gasteiger partial charge is 0.217 e. The van der Waals surface area contributed by atoms with Gasteiger partial charge in [-0.25, -0.2) is 0 Å². The molecule has 0 spiro atoms. The maximum atomic E-state index is 10.6. The summed E-state index contributed by atoms with van der Waals surface area (Å²) < 4.78 is 0.